The summed E-state index contributed by atoms with van der Waals surface area (Å²) < 4.78 is 2.12. The van der Waals surface area contributed by atoms with Gasteiger partial charge in [-0.25, -0.2) is 4.98 Å². The van der Waals surface area contributed by atoms with Crippen molar-refractivity contribution >= 4 is 34.2 Å². The van der Waals surface area contributed by atoms with E-state index in [-0.39, 0.29) is 6.04 Å². The fourth-order valence-corrected chi connectivity index (χ4v) is 2.93. The quantitative estimate of drug-likeness (QED) is 0.776. The van der Waals surface area contributed by atoms with Crippen molar-refractivity contribution in [2.75, 3.05) is 7.05 Å². The van der Waals surface area contributed by atoms with Crippen molar-refractivity contribution in [3.8, 4) is 0 Å². The number of likely N-dealkylation sites (N-methyl/N-ethyl adjacent to an activating group) is 1. The van der Waals surface area contributed by atoms with Crippen molar-refractivity contribution < 1.29 is 0 Å². The predicted molar refractivity (Wildman–Crippen MR) is 88.0 cm³/mol. The minimum Gasteiger partial charge on any atom is -0.329 e. The van der Waals surface area contributed by atoms with E-state index >= 15 is 0 Å². The lowest BCUT2D eigenvalue weighted by Crippen LogP contribution is -2.22. The topological polar surface area (TPSA) is 29.9 Å². The second-order valence-electron chi connectivity index (χ2n) is 4.87. The number of imidazole rings is 1. The third-order valence-electron chi connectivity index (χ3n) is 3.61. The summed E-state index contributed by atoms with van der Waals surface area (Å²) in [5.41, 5.74) is 3.09. The summed E-state index contributed by atoms with van der Waals surface area (Å²) in [6.45, 7) is 0.733. The molecule has 3 nitrogen and oxygen atoms in total. The van der Waals surface area contributed by atoms with Gasteiger partial charge in [0.15, 0.2) is 0 Å². The van der Waals surface area contributed by atoms with Gasteiger partial charge in [0.1, 0.15) is 0 Å². The second kappa shape index (κ2) is 6.06. The van der Waals surface area contributed by atoms with Crippen LogP contribution in [0.4, 0.5) is 0 Å². The largest absolute Gasteiger partial charge is 0.329 e. The molecule has 2 aromatic carbocycles. The van der Waals surface area contributed by atoms with E-state index in [1.165, 1.54) is 0 Å². The average molecular weight is 320 g/mol. The van der Waals surface area contributed by atoms with Crippen LogP contribution in [0.5, 0.6) is 0 Å². The molecular weight excluding hydrogens is 305 g/mol. The maximum absolute atomic E-state index is 6.33. The lowest BCUT2D eigenvalue weighted by molar-refractivity contribution is 0.508. The van der Waals surface area contributed by atoms with Crippen LogP contribution in [0.25, 0.3) is 11.0 Å². The Bertz CT molecular complexity index is 767. The molecule has 1 aromatic heterocycles. The molecule has 1 N–H and O–H groups in total. The lowest BCUT2D eigenvalue weighted by atomic mass is 10.1. The third kappa shape index (κ3) is 2.77. The third-order valence-corrected chi connectivity index (χ3v) is 4.45. The van der Waals surface area contributed by atoms with E-state index in [1.807, 2.05) is 43.7 Å². The van der Waals surface area contributed by atoms with Crippen molar-refractivity contribution in [1.29, 1.82) is 0 Å². The Morgan fingerprint density at radius 3 is 2.76 bits per heavy atom. The molecule has 1 unspecified atom stereocenters. The molecule has 3 aromatic rings. The molecule has 3 rings (SSSR count). The minimum atomic E-state index is 0.0637. The zero-order chi connectivity index (χ0) is 14.8. The van der Waals surface area contributed by atoms with Gasteiger partial charge in [0.2, 0.25) is 0 Å². The number of nitrogens with one attached hydrogen (secondary N) is 1. The van der Waals surface area contributed by atoms with Gasteiger partial charge in [0, 0.05) is 6.54 Å². The number of aromatic nitrogens is 2. The van der Waals surface area contributed by atoms with E-state index in [9.17, 15) is 0 Å². The number of nitrogens with zero attached hydrogens (tertiary/aromatic N) is 2. The predicted octanol–water partition coefficient (Wildman–Crippen LogP) is 4.30. The first-order valence-corrected chi connectivity index (χ1v) is 7.47. The number of benzene rings is 2. The standard InChI is InChI=1S/C16H15Cl2N3/c1-19-14(11-5-4-6-12(17)16(11)18)9-21-10-20-13-7-2-3-8-15(13)21/h2-8,10,14,19H,9H2,1H3. The molecule has 1 heterocycles. The highest BCUT2D eigenvalue weighted by molar-refractivity contribution is 6.42. The number of rotatable bonds is 4. The average Bonchev–Trinajstić information content (AvgIpc) is 2.91. The smallest absolute Gasteiger partial charge is 0.0958 e. The Morgan fingerprint density at radius 2 is 1.95 bits per heavy atom. The van der Waals surface area contributed by atoms with Crippen molar-refractivity contribution in [2.45, 2.75) is 12.6 Å². The molecule has 0 bridgehead atoms. The molecule has 5 heteroatoms. The highest BCUT2D eigenvalue weighted by Crippen LogP contribution is 2.31. The maximum Gasteiger partial charge on any atom is 0.0958 e. The van der Waals surface area contributed by atoms with Crippen LogP contribution in [0.3, 0.4) is 0 Å². The summed E-state index contributed by atoms with van der Waals surface area (Å²) in [7, 11) is 1.92. The van der Waals surface area contributed by atoms with E-state index in [4.69, 9.17) is 23.2 Å². The summed E-state index contributed by atoms with van der Waals surface area (Å²) >= 11 is 12.4. The number of fused-ring (bicyclic) bond motifs is 1. The van der Waals surface area contributed by atoms with E-state index < -0.39 is 0 Å². The second-order valence-corrected chi connectivity index (χ2v) is 5.66. The van der Waals surface area contributed by atoms with Crippen LogP contribution in [-0.2, 0) is 6.54 Å². The number of hydrogen-bond acceptors (Lipinski definition) is 2. The van der Waals surface area contributed by atoms with Crippen LogP contribution in [0, 0.1) is 0 Å². The Kier molecular flexibility index (Phi) is 4.15. The highest BCUT2D eigenvalue weighted by atomic mass is 35.5. The molecule has 0 saturated carbocycles. The Hall–Kier alpha value is -1.55. The van der Waals surface area contributed by atoms with Crippen LogP contribution in [-0.4, -0.2) is 16.6 Å². The molecule has 0 aliphatic rings. The summed E-state index contributed by atoms with van der Waals surface area (Å²) in [5, 5.41) is 4.47. The Labute approximate surface area is 133 Å². The van der Waals surface area contributed by atoms with Crippen molar-refractivity contribution in [2.24, 2.45) is 0 Å². The van der Waals surface area contributed by atoms with E-state index in [0.717, 1.165) is 23.1 Å². The van der Waals surface area contributed by atoms with Gasteiger partial charge in [0.05, 0.1) is 33.4 Å². The van der Waals surface area contributed by atoms with Crippen LogP contribution in [0.1, 0.15) is 11.6 Å². The number of para-hydroxylation sites is 2. The fourth-order valence-electron chi connectivity index (χ4n) is 2.49. The molecule has 0 saturated heterocycles. The van der Waals surface area contributed by atoms with Crippen molar-refractivity contribution in [1.82, 2.24) is 14.9 Å². The molecule has 0 aliphatic carbocycles. The van der Waals surface area contributed by atoms with Crippen LogP contribution in [0.2, 0.25) is 10.0 Å². The van der Waals surface area contributed by atoms with Gasteiger partial charge in [-0.05, 0) is 30.8 Å². The molecule has 108 valence electrons. The molecule has 0 radical (unpaired) electrons. The summed E-state index contributed by atoms with van der Waals surface area (Å²) in [6.07, 6.45) is 1.85. The Morgan fingerprint density at radius 1 is 1.14 bits per heavy atom. The number of hydrogen-bond donors (Lipinski definition) is 1. The first-order valence-electron chi connectivity index (χ1n) is 6.71. The van der Waals surface area contributed by atoms with Gasteiger partial charge in [-0.3, -0.25) is 0 Å². The molecule has 1 atom stereocenters. The molecule has 21 heavy (non-hydrogen) atoms. The first-order chi connectivity index (χ1) is 10.2. The van der Waals surface area contributed by atoms with Gasteiger partial charge in [0.25, 0.3) is 0 Å². The zero-order valence-corrected chi connectivity index (χ0v) is 13.1. The van der Waals surface area contributed by atoms with Crippen LogP contribution >= 0.6 is 23.2 Å². The molecule has 0 fully saturated rings. The van der Waals surface area contributed by atoms with Gasteiger partial charge in [-0.1, -0.05) is 47.5 Å². The molecule has 0 spiro atoms. The maximum atomic E-state index is 6.33. The monoisotopic (exact) mass is 319 g/mol. The molecule has 0 aliphatic heterocycles. The summed E-state index contributed by atoms with van der Waals surface area (Å²) in [5.74, 6) is 0. The van der Waals surface area contributed by atoms with Crippen LogP contribution < -0.4 is 5.32 Å². The molecule has 0 amide bonds. The normalized spacial score (nSPS) is 12.7. The molecular formula is C16H15Cl2N3. The lowest BCUT2D eigenvalue weighted by Gasteiger charge is -2.19. The first kappa shape index (κ1) is 14.4. The number of halogens is 2. The van der Waals surface area contributed by atoms with Gasteiger partial charge in [-0.2, -0.15) is 0 Å². The van der Waals surface area contributed by atoms with E-state index in [0.29, 0.717) is 10.0 Å². The van der Waals surface area contributed by atoms with Crippen LogP contribution in [0.15, 0.2) is 48.8 Å². The Balaban J connectivity index is 1.96. The zero-order valence-electron chi connectivity index (χ0n) is 11.6. The van der Waals surface area contributed by atoms with Crippen molar-refractivity contribution in [3.63, 3.8) is 0 Å². The van der Waals surface area contributed by atoms with Crippen molar-refractivity contribution in [3.05, 3.63) is 64.4 Å². The fraction of sp³-hybridized carbons (Fsp3) is 0.188. The van der Waals surface area contributed by atoms with E-state index in [2.05, 4.69) is 20.9 Å². The van der Waals surface area contributed by atoms with Gasteiger partial charge >= 0.3 is 0 Å². The summed E-state index contributed by atoms with van der Waals surface area (Å²) in [4.78, 5) is 4.42. The minimum absolute atomic E-state index is 0.0637. The van der Waals surface area contributed by atoms with Gasteiger partial charge in [-0.15, -0.1) is 0 Å². The highest BCUT2D eigenvalue weighted by Gasteiger charge is 2.16. The van der Waals surface area contributed by atoms with Gasteiger partial charge < -0.3 is 9.88 Å². The van der Waals surface area contributed by atoms with E-state index in [1.54, 1.807) is 6.07 Å². The summed E-state index contributed by atoms with van der Waals surface area (Å²) in [6, 6.07) is 13.8. The SMILES string of the molecule is CNC(Cn1cnc2ccccc21)c1cccc(Cl)c1Cl.